The van der Waals surface area contributed by atoms with Crippen molar-refractivity contribution >= 4 is 5.97 Å². The number of aliphatic hydroxyl groups is 1. The first-order chi connectivity index (χ1) is 8.77. The Morgan fingerprint density at radius 1 is 1.39 bits per heavy atom. The van der Waals surface area contributed by atoms with Gasteiger partial charge in [0.05, 0.1) is 18.4 Å². The second kappa shape index (κ2) is 8.60. The van der Waals surface area contributed by atoms with Crippen molar-refractivity contribution in [1.29, 1.82) is 0 Å². The molecule has 1 aromatic heterocycles. The lowest BCUT2D eigenvalue weighted by molar-refractivity contribution is 0.0600. The van der Waals surface area contributed by atoms with E-state index in [1.807, 2.05) is 6.07 Å². The Morgan fingerprint density at radius 3 is 2.83 bits per heavy atom. The Morgan fingerprint density at radius 2 is 2.22 bits per heavy atom. The molecule has 0 unspecified atom stereocenters. The largest absolute Gasteiger partial charge is 0.465 e. The summed E-state index contributed by atoms with van der Waals surface area (Å²) in [7, 11) is 1.35. The van der Waals surface area contributed by atoms with Crippen molar-refractivity contribution in [2.75, 3.05) is 20.3 Å². The number of ether oxygens (including phenoxy) is 1. The molecule has 1 heterocycles. The quantitative estimate of drug-likeness (QED) is 0.536. The lowest BCUT2D eigenvalue weighted by Gasteiger charge is -2.04. The molecule has 5 heteroatoms. The predicted octanol–water partition coefficient (Wildman–Crippen LogP) is 1.12. The van der Waals surface area contributed by atoms with Gasteiger partial charge in [0, 0.05) is 19.3 Å². The summed E-state index contributed by atoms with van der Waals surface area (Å²) in [6.07, 6.45) is 4.45. The van der Waals surface area contributed by atoms with Crippen LogP contribution in [-0.4, -0.2) is 36.3 Å². The number of unbranched alkanes of at least 4 members (excludes halogenated alkanes) is 2. The molecule has 0 fully saturated rings. The molecule has 2 N–H and O–H groups in total. The molecule has 0 saturated heterocycles. The van der Waals surface area contributed by atoms with E-state index in [1.54, 1.807) is 6.07 Å². The van der Waals surface area contributed by atoms with E-state index in [9.17, 15) is 4.79 Å². The number of hydrogen-bond acceptors (Lipinski definition) is 5. The average Bonchev–Trinajstić information content (AvgIpc) is 2.42. The van der Waals surface area contributed by atoms with E-state index >= 15 is 0 Å². The minimum atomic E-state index is -0.369. The highest BCUT2D eigenvalue weighted by Gasteiger charge is 2.04. The van der Waals surface area contributed by atoms with E-state index in [1.165, 1.54) is 13.3 Å². The summed E-state index contributed by atoms with van der Waals surface area (Å²) in [6, 6.07) is 3.52. The van der Waals surface area contributed by atoms with Crippen LogP contribution in [0.1, 0.15) is 35.3 Å². The van der Waals surface area contributed by atoms with Crippen molar-refractivity contribution in [1.82, 2.24) is 10.3 Å². The highest BCUT2D eigenvalue weighted by Crippen LogP contribution is 2.02. The van der Waals surface area contributed by atoms with Crippen molar-refractivity contribution in [2.24, 2.45) is 0 Å². The second-order valence-electron chi connectivity index (χ2n) is 3.99. The number of hydrogen-bond donors (Lipinski definition) is 2. The summed E-state index contributed by atoms with van der Waals surface area (Å²) in [5.41, 5.74) is 1.36. The number of esters is 1. The molecule has 100 valence electrons. The number of aromatic nitrogens is 1. The molecule has 18 heavy (non-hydrogen) atoms. The molecule has 0 radical (unpaired) electrons. The number of carbonyl (C=O) groups is 1. The van der Waals surface area contributed by atoms with Crippen LogP contribution < -0.4 is 5.32 Å². The fourth-order valence-corrected chi connectivity index (χ4v) is 1.52. The Kier molecular flexibility index (Phi) is 6.98. The second-order valence-corrected chi connectivity index (χ2v) is 3.99. The molecule has 0 aliphatic heterocycles. The van der Waals surface area contributed by atoms with Gasteiger partial charge in [-0.05, 0) is 37.9 Å². The maximum Gasteiger partial charge on any atom is 0.339 e. The van der Waals surface area contributed by atoms with E-state index in [-0.39, 0.29) is 12.6 Å². The smallest absolute Gasteiger partial charge is 0.339 e. The summed E-state index contributed by atoms with van der Waals surface area (Å²) < 4.78 is 4.60. The fourth-order valence-electron chi connectivity index (χ4n) is 1.52. The van der Waals surface area contributed by atoms with Gasteiger partial charge in [0.2, 0.25) is 0 Å². The maximum atomic E-state index is 11.2. The standard InChI is InChI=1S/C13H20N2O3/c1-18-13(17)11-5-6-12(15-9-11)10-14-7-3-2-4-8-16/h5-6,9,14,16H,2-4,7-8,10H2,1H3. The summed E-state index contributed by atoms with van der Waals surface area (Å²) in [5, 5.41) is 11.9. The summed E-state index contributed by atoms with van der Waals surface area (Å²) >= 11 is 0. The summed E-state index contributed by atoms with van der Waals surface area (Å²) in [5.74, 6) is -0.369. The number of carbonyl (C=O) groups excluding carboxylic acids is 1. The third kappa shape index (κ3) is 5.25. The topological polar surface area (TPSA) is 71.5 Å². The van der Waals surface area contributed by atoms with Crippen LogP contribution in [0.3, 0.4) is 0 Å². The summed E-state index contributed by atoms with van der Waals surface area (Å²) in [4.78, 5) is 15.4. The molecule has 0 bridgehead atoms. The third-order valence-corrected chi connectivity index (χ3v) is 2.56. The van der Waals surface area contributed by atoms with Gasteiger partial charge in [-0.2, -0.15) is 0 Å². The van der Waals surface area contributed by atoms with Crippen molar-refractivity contribution in [3.8, 4) is 0 Å². The van der Waals surface area contributed by atoms with Gasteiger partial charge < -0.3 is 15.2 Å². The minimum absolute atomic E-state index is 0.260. The van der Waals surface area contributed by atoms with Gasteiger partial charge in [0.25, 0.3) is 0 Å². The van der Waals surface area contributed by atoms with Crippen LogP contribution in [0.5, 0.6) is 0 Å². The van der Waals surface area contributed by atoms with E-state index in [0.717, 1.165) is 31.5 Å². The number of methoxy groups -OCH3 is 1. The zero-order valence-corrected chi connectivity index (χ0v) is 10.7. The van der Waals surface area contributed by atoms with E-state index in [0.29, 0.717) is 12.1 Å². The SMILES string of the molecule is COC(=O)c1ccc(CNCCCCCO)nc1. The van der Waals surface area contributed by atoms with Gasteiger partial charge in [0.1, 0.15) is 0 Å². The van der Waals surface area contributed by atoms with E-state index in [2.05, 4.69) is 15.0 Å². The highest BCUT2D eigenvalue weighted by molar-refractivity contribution is 5.88. The highest BCUT2D eigenvalue weighted by atomic mass is 16.5. The van der Waals surface area contributed by atoms with Gasteiger partial charge in [-0.25, -0.2) is 4.79 Å². The number of rotatable bonds is 8. The third-order valence-electron chi connectivity index (χ3n) is 2.56. The van der Waals surface area contributed by atoms with Gasteiger partial charge >= 0.3 is 5.97 Å². The maximum absolute atomic E-state index is 11.2. The molecule has 0 aliphatic carbocycles. The number of pyridine rings is 1. The monoisotopic (exact) mass is 252 g/mol. The lowest BCUT2D eigenvalue weighted by Crippen LogP contribution is -2.16. The van der Waals surface area contributed by atoms with Crippen LogP contribution in [0.25, 0.3) is 0 Å². The van der Waals surface area contributed by atoms with Crippen LogP contribution in [0, 0.1) is 0 Å². The molecule has 0 spiro atoms. The van der Waals surface area contributed by atoms with E-state index in [4.69, 9.17) is 5.11 Å². The van der Waals surface area contributed by atoms with Crippen molar-refractivity contribution in [3.63, 3.8) is 0 Å². The van der Waals surface area contributed by atoms with Crippen molar-refractivity contribution in [2.45, 2.75) is 25.8 Å². The molecule has 1 rings (SSSR count). The van der Waals surface area contributed by atoms with Gasteiger partial charge in [-0.15, -0.1) is 0 Å². The Balaban J connectivity index is 2.25. The van der Waals surface area contributed by atoms with Crippen LogP contribution in [0.15, 0.2) is 18.3 Å². The zero-order chi connectivity index (χ0) is 13.2. The van der Waals surface area contributed by atoms with Crippen LogP contribution in [0.4, 0.5) is 0 Å². The molecule has 0 amide bonds. The van der Waals surface area contributed by atoms with E-state index < -0.39 is 0 Å². The van der Waals surface area contributed by atoms with Gasteiger partial charge in [-0.1, -0.05) is 0 Å². The molecular formula is C13H20N2O3. The Labute approximate surface area is 107 Å². The average molecular weight is 252 g/mol. The van der Waals surface area contributed by atoms with Crippen LogP contribution >= 0.6 is 0 Å². The minimum Gasteiger partial charge on any atom is -0.465 e. The van der Waals surface area contributed by atoms with Crippen molar-refractivity contribution in [3.05, 3.63) is 29.6 Å². The molecule has 1 aromatic rings. The van der Waals surface area contributed by atoms with Crippen LogP contribution in [0.2, 0.25) is 0 Å². The lowest BCUT2D eigenvalue weighted by atomic mass is 10.2. The zero-order valence-electron chi connectivity index (χ0n) is 10.7. The van der Waals surface area contributed by atoms with Crippen molar-refractivity contribution < 1.29 is 14.6 Å². The number of nitrogens with one attached hydrogen (secondary N) is 1. The molecule has 0 saturated carbocycles. The molecular weight excluding hydrogens is 232 g/mol. The van der Waals surface area contributed by atoms with Crippen LogP contribution in [-0.2, 0) is 11.3 Å². The first kappa shape index (κ1) is 14.6. The first-order valence-electron chi connectivity index (χ1n) is 6.12. The molecule has 0 aromatic carbocycles. The molecule has 0 aliphatic rings. The number of aliphatic hydroxyl groups excluding tert-OH is 1. The fraction of sp³-hybridized carbons (Fsp3) is 0.538. The van der Waals surface area contributed by atoms with Gasteiger partial charge in [-0.3, -0.25) is 4.98 Å². The molecule has 5 nitrogen and oxygen atoms in total. The normalized spacial score (nSPS) is 10.3. The number of nitrogens with zero attached hydrogens (tertiary/aromatic N) is 1. The summed E-state index contributed by atoms with van der Waals surface area (Å²) in [6.45, 7) is 1.84. The predicted molar refractivity (Wildman–Crippen MR) is 68.2 cm³/mol. The first-order valence-corrected chi connectivity index (χ1v) is 6.12. The van der Waals surface area contributed by atoms with Gasteiger partial charge in [0.15, 0.2) is 0 Å². The Hall–Kier alpha value is -1.46. The Bertz CT molecular complexity index is 352. The molecule has 0 atom stereocenters.